The molecule has 8 heteroatoms. The minimum absolute atomic E-state index is 0.0480. The Hall–Kier alpha value is -3.39. The highest BCUT2D eigenvalue weighted by atomic mass is 19.1. The van der Waals surface area contributed by atoms with Gasteiger partial charge in [-0.05, 0) is 49.6 Å². The van der Waals surface area contributed by atoms with E-state index in [1.807, 2.05) is 6.07 Å². The molecule has 0 aliphatic heterocycles. The van der Waals surface area contributed by atoms with Gasteiger partial charge in [-0.2, -0.15) is 0 Å². The molecule has 1 fully saturated rings. The number of anilines is 1. The summed E-state index contributed by atoms with van der Waals surface area (Å²) in [5.41, 5.74) is 6.62. The third-order valence-corrected chi connectivity index (χ3v) is 5.23. The van der Waals surface area contributed by atoms with Crippen molar-refractivity contribution in [3.8, 4) is 22.4 Å². The molecule has 0 spiro atoms. The molecule has 0 amide bonds. The number of nitrogens with two attached hydrogens (primary N) is 1. The highest BCUT2D eigenvalue weighted by Crippen LogP contribution is 2.28. The maximum Gasteiger partial charge on any atom is 0.248 e. The first-order valence-electron chi connectivity index (χ1n) is 10.2. The summed E-state index contributed by atoms with van der Waals surface area (Å²) in [5, 5.41) is 3.24. The first kappa shape index (κ1) is 22.3. The van der Waals surface area contributed by atoms with Crippen molar-refractivity contribution >= 4 is 12.2 Å². The molecule has 2 unspecified atom stereocenters. The van der Waals surface area contributed by atoms with Crippen LogP contribution in [0.25, 0.3) is 22.4 Å². The molecule has 0 saturated heterocycles. The Kier molecular flexibility index (Phi) is 7.61. The highest BCUT2D eigenvalue weighted by Gasteiger charge is 2.22. The van der Waals surface area contributed by atoms with Crippen molar-refractivity contribution in [1.82, 2.24) is 15.0 Å². The van der Waals surface area contributed by atoms with Gasteiger partial charge in [0.1, 0.15) is 12.0 Å². The van der Waals surface area contributed by atoms with E-state index in [0.717, 1.165) is 49.3 Å². The summed E-state index contributed by atoms with van der Waals surface area (Å²) < 4.78 is 14.5. The van der Waals surface area contributed by atoms with E-state index in [2.05, 4.69) is 26.0 Å². The summed E-state index contributed by atoms with van der Waals surface area (Å²) in [6.45, 7) is 0. The van der Waals surface area contributed by atoms with Gasteiger partial charge in [-0.1, -0.05) is 24.6 Å². The number of rotatable bonds is 5. The van der Waals surface area contributed by atoms with Gasteiger partial charge < -0.3 is 20.8 Å². The number of benzene rings is 1. The Morgan fingerprint density at radius 1 is 1.16 bits per heavy atom. The standard InChI is InChI=1S/C22H21FN4O2.CH5N/c23-19-12-25-22(26-18-6-1-3-14(9-18)13-28)27-21(19)17-5-2-4-15(10-17)16-7-8-24-20(29)11-16;1-2/h2,4-5,7-8,10-14,18H,1,3,6,9H2,(H,24,29)(H,25,26,27);2H2,1H3. The number of hydrogen-bond acceptors (Lipinski definition) is 6. The van der Waals surface area contributed by atoms with E-state index >= 15 is 0 Å². The van der Waals surface area contributed by atoms with E-state index < -0.39 is 5.82 Å². The zero-order valence-corrected chi connectivity index (χ0v) is 17.3. The molecule has 2 atom stereocenters. The van der Waals surface area contributed by atoms with E-state index in [0.29, 0.717) is 11.5 Å². The van der Waals surface area contributed by atoms with Crippen molar-refractivity contribution in [2.45, 2.75) is 31.7 Å². The SMILES string of the molecule is CN.O=CC1CCCC(Nc2ncc(F)c(-c3cccc(-c4cc[nH]c(=O)c4)c3)n2)C1. The lowest BCUT2D eigenvalue weighted by atomic mass is 9.87. The number of carbonyl (C=O) groups excluding carboxylic acids is 1. The van der Waals surface area contributed by atoms with Crippen LogP contribution in [-0.2, 0) is 4.79 Å². The second-order valence-corrected chi connectivity index (χ2v) is 7.32. The number of aromatic amines is 1. The molecule has 2 aromatic heterocycles. The Labute approximate surface area is 180 Å². The third kappa shape index (κ3) is 5.61. The second kappa shape index (κ2) is 10.6. The number of aromatic nitrogens is 3. The summed E-state index contributed by atoms with van der Waals surface area (Å²) >= 11 is 0. The maximum atomic E-state index is 14.5. The zero-order valence-electron chi connectivity index (χ0n) is 17.3. The highest BCUT2D eigenvalue weighted by molar-refractivity contribution is 5.71. The monoisotopic (exact) mass is 423 g/mol. The second-order valence-electron chi connectivity index (χ2n) is 7.32. The molecule has 4 N–H and O–H groups in total. The van der Waals surface area contributed by atoms with Gasteiger partial charge in [-0.3, -0.25) is 4.79 Å². The van der Waals surface area contributed by atoms with Gasteiger partial charge in [-0.15, -0.1) is 0 Å². The molecule has 1 aliphatic rings. The van der Waals surface area contributed by atoms with Crippen molar-refractivity contribution in [1.29, 1.82) is 0 Å². The molecule has 0 bridgehead atoms. The Morgan fingerprint density at radius 3 is 2.71 bits per heavy atom. The number of hydrogen-bond donors (Lipinski definition) is 3. The Bertz CT molecular complexity index is 1090. The number of pyridine rings is 1. The Morgan fingerprint density at radius 2 is 1.94 bits per heavy atom. The van der Waals surface area contributed by atoms with Crippen LogP contribution in [0.3, 0.4) is 0 Å². The molecule has 1 saturated carbocycles. The number of H-pyrrole nitrogens is 1. The fourth-order valence-electron chi connectivity index (χ4n) is 3.77. The predicted molar refractivity (Wildman–Crippen MR) is 119 cm³/mol. The van der Waals surface area contributed by atoms with E-state index in [-0.39, 0.29) is 23.2 Å². The summed E-state index contributed by atoms with van der Waals surface area (Å²) in [7, 11) is 1.50. The number of nitrogens with one attached hydrogen (secondary N) is 2. The Balaban J connectivity index is 0.00000132. The van der Waals surface area contributed by atoms with Crippen LogP contribution in [0.15, 0.2) is 53.6 Å². The normalized spacial score (nSPS) is 17.9. The first-order chi connectivity index (χ1) is 15.1. The average molecular weight is 423 g/mol. The fourth-order valence-corrected chi connectivity index (χ4v) is 3.77. The van der Waals surface area contributed by atoms with Gasteiger partial charge in [0.25, 0.3) is 0 Å². The molecule has 3 aromatic rings. The van der Waals surface area contributed by atoms with Crippen LogP contribution in [0.1, 0.15) is 25.7 Å². The largest absolute Gasteiger partial charge is 0.351 e. The summed E-state index contributed by atoms with van der Waals surface area (Å²) in [6, 6.07) is 10.6. The molecule has 1 aromatic carbocycles. The van der Waals surface area contributed by atoms with E-state index in [9.17, 15) is 14.0 Å². The lowest BCUT2D eigenvalue weighted by Crippen LogP contribution is -2.28. The summed E-state index contributed by atoms with van der Waals surface area (Å²) in [6.07, 6.45) is 7.28. The van der Waals surface area contributed by atoms with Gasteiger partial charge in [0.15, 0.2) is 5.82 Å². The van der Waals surface area contributed by atoms with Crippen molar-refractivity contribution < 1.29 is 9.18 Å². The molecule has 31 heavy (non-hydrogen) atoms. The lowest BCUT2D eigenvalue weighted by Gasteiger charge is -2.26. The smallest absolute Gasteiger partial charge is 0.248 e. The van der Waals surface area contributed by atoms with E-state index in [1.165, 1.54) is 13.1 Å². The predicted octanol–water partition coefficient (Wildman–Crippen LogP) is 3.38. The molecular formula is C23H26FN5O2. The average Bonchev–Trinajstić information content (AvgIpc) is 2.82. The van der Waals surface area contributed by atoms with E-state index in [4.69, 9.17) is 0 Å². The molecule has 7 nitrogen and oxygen atoms in total. The molecule has 1 aliphatic carbocycles. The van der Waals surface area contributed by atoms with Crippen molar-refractivity contribution in [3.05, 3.63) is 65.0 Å². The summed E-state index contributed by atoms with van der Waals surface area (Å²) in [4.78, 5) is 33.7. The summed E-state index contributed by atoms with van der Waals surface area (Å²) in [5.74, 6) is -0.126. The zero-order chi connectivity index (χ0) is 22.2. The van der Waals surface area contributed by atoms with Gasteiger partial charge >= 0.3 is 0 Å². The fraction of sp³-hybridized carbons (Fsp3) is 0.304. The molecule has 0 radical (unpaired) electrons. The molecule has 162 valence electrons. The van der Waals surface area contributed by atoms with Crippen molar-refractivity contribution in [2.24, 2.45) is 11.7 Å². The van der Waals surface area contributed by atoms with Crippen molar-refractivity contribution in [3.63, 3.8) is 0 Å². The topological polar surface area (TPSA) is 114 Å². The molecule has 2 heterocycles. The van der Waals surface area contributed by atoms with Crippen LogP contribution < -0.4 is 16.6 Å². The number of aldehydes is 1. The van der Waals surface area contributed by atoms with Crippen LogP contribution in [-0.4, -0.2) is 34.3 Å². The molecular weight excluding hydrogens is 397 g/mol. The number of carbonyl (C=O) groups is 1. The van der Waals surface area contributed by atoms with Gasteiger partial charge in [-0.25, -0.2) is 14.4 Å². The van der Waals surface area contributed by atoms with Crippen LogP contribution in [0.5, 0.6) is 0 Å². The molecule has 4 rings (SSSR count). The number of nitrogens with zero attached hydrogens (tertiary/aromatic N) is 2. The number of halogens is 1. The van der Waals surface area contributed by atoms with E-state index in [1.54, 1.807) is 30.5 Å². The van der Waals surface area contributed by atoms with Crippen LogP contribution in [0, 0.1) is 11.7 Å². The first-order valence-corrected chi connectivity index (χ1v) is 10.2. The van der Waals surface area contributed by atoms with Gasteiger partial charge in [0.2, 0.25) is 11.5 Å². The van der Waals surface area contributed by atoms with Crippen LogP contribution in [0.4, 0.5) is 10.3 Å². The van der Waals surface area contributed by atoms with Gasteiger partial charge in [0, 0.05) is 29.8 Å². The quantitative estimate of drug-likeness (QED) is 0.542. The minimum atomic E-state index is -0.520. The van der Waals surface area contributed by atoms with Crippen molar-refractivity contribution in [2.75, 3.05) is 12.4 Å². The van der Waals surface area contributed by atoms with Crippen LogP contribution in [0.2, 0.25) is 0 Å². The van der Waals surface area contributed by atoms with Gasteiger partial charge in [0.05, 0.1) is 6.20 Å². The maximum absolute atomic E-state index is 14.5. The third-order valence-electron chi connectivity index (χ3n) is 5.23. The lowest BCUT2D eigenvalue weighted by molar-refractivity contribution is -0.111. The van der Waals surface area contributed by atoms with Crippen LogP contribution >= 0.6 is 0 Å². The minimum Gasteiger partial charge on any atom is -0.351 e.